The molecule has 0 bridgehead atoms. The number of rotatable bonds is 2. The average molecular weight is 359 g/mol. The maximum atomic E-state index is 13.1. The molecule has 2 aromatic carbocycles. The van der Waals surface area contributed by atoms with Crippen LogP contribution in [0.1, 0.15) is 23.2 Å². The molecule has 0 saturated carbocycles. The van der Waals surface area contributed by atoms with Crippen LogP contribution in [0.3, 0.4) is 0 Å². The first kappa shape index (κ1) is 16.1. The Labute approximate surface area is 158 Å². The van der Waals surface area contributed by atoms with E-state index < -0.39 is 6.10 Å². The number of aromatic nitrogens is 2. The Bertz CT molecular complexity index is 980. The number of amides is 1. The highest BCUT2D eigenvalue weighted by Gasteiger charge is 2.33. The summed E-state index contributed by atoms with van der Waals surface area (Å²) in [6.07, 6.45) is 2.01. The van der Waals surface area contributed by atoms with Crippen molar-refractivity contribution >= 4 is 5.91 Å². The molecule has 1 amide bonds. The number of fused-ring (bicyclic) bond motifs is 2. The van der Waals surface area contributed by atoms with E-state index in [1.54, 1.807) is 0 Å². The van der Waals surface area contributed by atoms with Crippen LogP contribution in [0.2, 0.25) is 0 Å². The molecule has 136 valence electrons. The van der Waals surface area contributed by atoms with E-state index in [0.717, 1.165) is 47.5 Å². The number of aryl methyl sites for hydroxylation is 1. The lowest BCUT2D eigenvalue weighted by molar-refractivity contribution is -0.140. The lowest BCUT2D eigenvalue weighted by Crippen LogP contribution is -2.45. The second kappa shape index (κ2) is 6.58. The Balaban J connectivity index is 1.37. The van der Waals surface area contributed by atoms with E-state index >= 15 is 0 Å². The van der Waals surface area contributed by atoms with Gasteiger partial charge in [0, 0.05) is 36.3 Å². The third-order valence-corrected chi connectivity index (χ3v) is 5.49. The number of hydrogen-bond acceptors (Lipinski definition) is 3. The van der Waals surface area contributed by atoms with Gasteiger partial charge in [0.15, 0.2) is 6.10 Å². The van der Waals surface area contributed by atoms with Crippen molar-refractivity contribution in [3.8, 4) is 17.0 Å². The molecule has 0 radical (unpaired) electrons. The summed E-state index contributed by atoms with van der Waals surface area (Å²) in [5.41, 5.74) is 5.46. The highest BCUT2D eigenvalue weighted by atomic mass is 16.5. The molecule has 1 unspecified atom stereocenters. The van der Waals surface area contributed by atoms with Crippen LogP contribution in [0.5, 0.6) is 5.75 Å². The van der Waals surface area contributed by atoms with Crippen LogP contribution >= 0.6 is 0 Å². The largest absolute Gasteiger partial charge is 0.480 e. The van der Waals surface area contributed by atoms with E-state index in [-0.39, 0.29) is 5.91 Å². The van der Waals surface area contributed by atoms with Crippen molar-refractivity contribution in [3.05, 3.63) is 71.4 Å². The topological polar surface area (TPSA) is 58.2 Å². The minimum atomic E-state index is -0.395. The number of carbonyl (C=O) groups excluding carboxylic acids is 1. The van der Waals surface area contributed by atoms with Gasteiger partial charge in [0.2, 0.25) is 0 Å². The Kier molecular flexibility index (Phi) is 3.93. The molecule has 0 saturated heterocycles. The molecule has 1 N–H and O–H groups in total. The summed E-state index contributed by atoms with van der Waals surface area (Å²) < 4.78 is 6.02. The summed E-state index contributed by atoms with van der Waals surface area (Å²) in [4.78, 5) is 15.0. The van der Waals surface area contributed by atoms with Crippen molar-refractivity contribution in [1.82, 2.24) is 15.1 Å². The zero-order chi connectivity index (χ0) is 18.2. The standard InChI is InChI=1S/C22H21N3O2/c26-22(20-11-10-15-6-4-5-9-19(15)27-20)25-13-12-18-17(14-25)21(24-23-18)16-7-2-1-3-8-16/h1-9,20H,10-14H2,(H,23,24). The van der Waals surface area contributed by atoms with Gasteiger partial charge in [-0.1, -0.05) is 48.5 Å². The first-order valence-corrected chi connectivity index (χ1v) is 9.44. The Hall–Kier alpha value is -3.08. The third-order valence-electron chi connectivity index (χ3n) is 5.49. The Morgan fingerprint density at radius 2 is 1.89 bits per heavy atom. The second-order valence-corrected chi connectivity index (χ2v) is 7.16. The minimum absolute atomic E-state index is 0.0790. The van der Waals surface area contributed by atoms with Crippen molar-refractivity contribution in [2.45, 2.75) is 31.9 Å². The van der Waals surface area contributed by atoms with E-state index in [1.807, 2.05) is 41.3 Å². The number of nitrogens with one attached hydrogen (secondary N) is 1. The maximum absolute atomic E-state index is 13.1. The molecule has 5 nitrogen and oxygen atoms in total. The van der Waals surface area contributed by atoms with Gasteiger partial charge in [-0.2, -0.15) is 5.10 Å². The number of benzene rings is 2. The van der Waals surface area contributed by atoms with Crippen LogP contribution in [-0.2, 0) is 24.2 Å². The molecule has 0 spiro atoms. The van der Waals surface area contributed by atoms with E-state index in [4.69, 9.17) is 4.74 Å². The van der Waals surface area contributed by atoms with Crippen LogP contribution in [0.25, 0.3) is 11.3 Å². The van der Waals surface area contributed by atoms with Crippen molar-refractivity contribution in [3.63, 3.8) is 0 Å². The minimum Gasteiger partial charge on any atom is -0.480 e. The lowest BCUT2D eigenvalue weighted by Gasteiger charge is -2.33. The SMILES string of the molecule is O=C(C1CCc2ccccc2O1)N1CCc2[nH]nc(-c3ccccc3)c2C1. The van der Waals surface area contributed by atoms with Crippen LogP contribution in [-0.4, -0.2) is 33.7 Å². The summed E-state index contributed by atoms with van der Waals surface area (Å²) in [6, 6.07) is 18.1. The molecule has 3 heterocycles. The first-order valence-electron chi connectivity index (χ1n) is 9.44. The normalized spacial score (nSPS) is 18.4. The monoisotopic (exact) mass is 359 g/mol. The summed E-state index contributed by atoms with van der Waals surface area (Å²) in [7, 11) is 0. The second-order valence-electron chi connectivity index (χ2n) is 7.16. The summed E-state index contributed by atoms with van der Waals surface area (Å²) in [5.74, 6) is 0.920. The van der Waals surface area contributed by atoms with Crippen molar-refractivity contribution in [1.29, 1.82) is 0 Å². The number of ether oxygens (including phenoxy) is 1. The molecule has 1 atom stereocenters. The van der Waals surface area contributed by atoms with Gasteiger partial charge < -0.3 is 9.64 Å². The molecule has 0 aliphatic carbocycles. The highest BCUT2D eigenvalue weighted by molar-refractivity contribution is 5.82. The predicted molar refractivity (Wildman–Crippen MR) is 102 cm³/mol. The van der Waals surface area contributed by atoms with Crippen LogP contribution in [0, 0.1) is 0 Å². The number of carbonyl (C=O) groups is 1. The van der Waals surface area contributed by atoms with Gasteiger partial charge in [-0.25, -0.2) is 0 Å². The van der Waals surface area contributed by atoms with Crippen molar-refractivity contribution < 1.29 is 9.53 Å². The molecular weight excluding hydrogens is 338 g/mol. The van der Waals surface area contributed by atoms with Gasteiger partial charge in [-0.3, -0.25) is 9.89 Å². The Morgan fingerprint density at radius 1 is 1.07 bits per heavy atom. The number of H-pyrrole nitrogens is 1. The molecule has 27 heavy (non-hydrogen) atoms. The molecule has 1 aromatic heterocycles. The number of para-hydroxylation sites is 1. The third kappa shape index (κ3) is 2.89. The molecule has 2 aliphatic rings. The fraction of sp³-hybridized carbons (Fsp3) is 0.273. The molecule has 0 fully saturated rings. The zero-order valence-electron chi connectivity index (χ0n) is 15.0. The fourth-order valence-electron chi connectivity index (χ4n) is 4.02. The van der Waals surface area contributed by atoms with Gasteiger partial charge in [0.25, 0.3) is 5.91 Å². The molecular formula is C22H21N3O2. The predicted octanol–water partition coefficient (Wildman–Crippen LogP) is 3.36. The summed E-state index contributed by atoms with van der Waals surface area (Å²) >= 11 is 0. The lowest BCUT2D eigenvalue weighted by atomic mass is 9.98. The van der Waals surface area contributed by atoms with Gasteiger partial charge >= 0.3 is 0 Å². The maximum Gasteiger partial charge on any atom is 0.263 e. The van der Waals surface area contributed by atoms with Gasteiger partial charge in [-0.05, 0) is 24.5 Å². The molecule has 3 aromatic rings. The van der Waals surface area contributed by atoms with E-state index in [1.165, 1.54) is 5.56 Å². The number of aromatic amines is 1. The van der Waals surface area contributed by atoms with Gasteiger partial charge in [-0.15, -0.1) is 0 Å². The van der Waals surface area contributed by atoms with Crippen LogP contribution < -0.4 is 4.74 Å². The molecule has 5 rings (SSSR count). The zero-order valence-corrected chi connectivity index (χ0v) is 15.0. The quantitative estimate of drug-likeness (QED) is 0.763. The van der Waals surface area contributed by atoms with Gasteiger partial charge in [0.05, 0.1) is 5.69 Å². The number of nitrogens with zero attached hydrogens (tertiary/aromatic N) is 2. The number of hydrogen-bond donors (Lipinski definition) is 1. The van der Waals surface area contributed by atoms with E-state index in [2.05, 4.69) is 28.4 Å². The fourth-order valence-corrected chi connectivity index (χ4v) is 4.02. The molecule has 5 heteroatoms. The first-order chi connectivity index (χ1) is 13.3. The van der Waals surface area contributed by atoms with Crippen molar-refractivity contribution in [2.24, 2.45) is 0 Å². The molecule has 2 aliphatic heterocycles. The van der Waals surface area contributed by atoms with Gasteiger partial charge in [0.1, 0.15) is 5.75 Å². The van der Waals surface area contributed by atoms with Crippen molar-refractivity contribution in [2.75, 3.05) is 6.54 Å². The summed E-state index contributed by atoms with van der Waals surface area (Å²) in [5, 5.41) is 7.67. The smallest absolute Gasteiger partial charge is 0.263 e. The average Bonchev–Trinajstić information content (AvgIpc) is 3.17. The van der Waals surface area contributed by atoms with Crippen LogP contribution in [0.4, 0.5) is 0 Å². The summed E-state index contributed by atoms with van der Waals surface area (Å²) in [6.45, 7) is 1.28. The van der Waals surface area contributed by atoms with E-state index in [9.17, 15) is 4.79 Å². The highest BCUT2D eigenvalue weighted by Crippen LogP contribution is 2.31. The van der Waals surface area contributed by atoms with E-state index in [0.29, 0.717) is 13.1 Å². The Morgan fingerprint density at radius 3 is 2.78 bits per heavy atom. The van der Waals surface area contributed by atoms with Crippen LogP contribution in [0.15, 0.2) is 54.6 Å².